The highest BCUT2D eigenvalue weighted by atomic mass is 16.5. The van der Waals surface area contributed by atoms with Crippen LogP contribution in [0.2, 0.25) is 0 Å². The molecule has 1 aliphatic rings. The molecule has 1 unspecified atom stereocenters. The second kappa shape index (κ2) is 3.64. The molecule has 0 saturated heterocycles. The molecule has 88 valence electrons. The standard InChI is InChI=1S/C16H12O2/c1-3-7-15-11(5-1)13(9-17-15)14-10-18-16-8-4-2-6-12(14)16/h1-9,14H,10H2. The van der Waals surface area contributed by atoms with Crippen molar-refractivity contribution in [3.05, 3.63) is 65.9 Å². The van der Waals surface area contributed by atoms with Gasteiger partial charge in [-0.25, -0.2) is 0 Å². The van der Waals surface area contributed by atoms with E-state index in [4.69, 9.17) is 9.15 Å². The number of para-hydroxylation sites is 2. The van der Waals surface area contributed by atoms with Crippen LogP contribution in [-0.4, -0.2) is 6.61 Å². The van der Waals surface area contributed by atoms with Crippen LogP contribution in [0.1, 0.15) is 17.0 Å². The maximum atomic E-state index is 5.74. The largest absolute Gasteiger partial charge is 0.492 e. The fourth-order valence-corrected chi connectivity index (χ4v) is 2.69. The van der Waals surface area contributed by atoms with E-state index < -0.39 is 0 Å². The number of rotatable bonds is 1. The van der Waals surface area contributed by atoms with Gasteiger partial charge in [0.15, 0.2) is 0 Å². The Bertz CT molecular complexity index is 712. The maximum absolute atomic E-state index is 5.74. The highest BCUT2D eigenvalue weighted by Gasteiger charge is 2.27. The average Bonchev–Trinajstić information content (AvgIpc) is 3.01. The fraction of sp³-hybridized carbons (Fsp3) is 0.125. The van der Waals surface area contributed by atoms with Crippen LogP contribution in [0, 0.1) is 0 Å². The van der Waals surface area contributed by atoms with E-state index in [0.717, 1.165) is 11.3 Å². The van der Waals surface area contributed by atoms with Gasteiger partial charge in [0.1, 0.15) is 11.3 Å². The summed E-state index contributed by atoms with van der Waals surface area (Å²) in [5, 5.41) is 1.18. The molecule has 2 nitrogen and oxygen atoms in total. The Morgan fingerprint density at radius 1 is 0.889 bits per heavy atom. The minimum absolute atomic E-state index is 0.282. The summed E-state index contributed by atoms with van der Waals surface area (Å²) in [5.41, 5.74) is 3.41. The van der Waals surface area contributed by atoms with E-state index in [-0.39, 0.29) is 5.92 Å². The van der Waals surface area contributed by atoms with Gasteiger partial charge in [0.05, 0.1) is 18.8 Å². The average molecular weight is 236 g/mol. The van der Waals surface area contributed by atoms with Gasteiger partial charge in [-0.3, -0.25) is 0 Å². The van der Waals surface area contributed by atoms with E-state index in [2.05, 4.69) is 18.2 Å². The van der Waals surface area contributed by atoms with Gasteiger partial charge in [-0.15, -0.1) is 0 Å². The summed E-state index contributed by atoms with van der Waals surface area (Å²) in [6.45, 7) is 0.697. The summed E-state index contributed by atoms with van der Waals surface area (Å²) in [4.78, 5) is 0. The number of benzene rings is 2. The van der Waals surface area contributed by atoms with Crippen LogP contribution in [0.3, 0.4) is 0 Å². The van der Waals surface area contributed by atoms with E-state index in [0.29, 0.717) is 6.61 Å². The van der Waals surface area contributed by atoms with Crippen LogP contribution in [0.5, 0.6) is 5.75 Å². The summed E-state index contributed by atoms with van der Waals surface area (Å²) in [6.07, 6.45) is 1.86. The molecule has 0 bridgehead atoms. The fourth-order valence-electron chi connectivity index (χ4n) is 2.69. The molecule has 4 rings (SSSR count). The summed E-state index contributed by atoms with van der Waals surface area (Å²) >= 11 is 0. The van der Waals surface area contributed by atoms with Crippen molar-refractivity contribution < 1.29 is 9.15 Å². The Kier molecular flexibility index (Phi) is 1.97. The molecule has 0 radical (unpaired) electrons. The van der Waals surface area contributed by atoms with Gasteiger partial charge in [-0.05, 0) is 12.1 Å². The number of furan rings is 1. The van der Waals surface area contributed by atoms with Crippen LogP contribution >= 0.6 is 0 Å². The third kappa shape index (κ3) is 1.29. The third-order valence-corrected chi connectivity index (χ3v) is 3.59. The van der Waals surface area contributed by atoms with Gasteiger partial charge in [-0.1, -0.05) is 36.4 Å². The monoisotopic (exact) mass is 236 g/mol. The molecular weight excluding hydrogens is 224 g/mol. The summed E-state index contributed by atoms with van der Waals surface area (Å²) in [5.74, 6) is 1.28. The third-order valence-electron chi connectivity index (χ3n) is 3.59. The minimum atomic E-state index is 0.282. The zero-order valence-corrected chi connectivity index (χ0v) is 9.80. The van der Waals surface area contributed by atoms with Gasteiger partial charge in [0, 0.05) is 16.5 Å². The maximum Gasteiger partial charge on any atom is 0.134 e. The van der Waals surface area contributed by atoms with E-state index >= 15 is 0 Å². The topological polar surface area (TPSA) is 22.4 Å². The van der Waals surface area contributed by atoms with E-state index in [1.54, 1.807) is 0 Å². The van der Waals surface area contributed by atoms with E-state index in [1.165, 1.54) is 16.5 Å². The van der Waals surface area contributed by atoms with Crippen molar-refractivity contribution in [3.63, 3.8) is 0 Å². The van der Waals surface area contributed by atoms with Gasteiger partial charge >= 0.3 is 0 Å². The van der Waals surface area contributed by atoms with Crippen molar-refractivity contribution in [2.75, 3.05) is 6.61 Å². The lowest BCUT2D eigenvalue weighted by Crippen LogP contribution is -2.01. The summed E-state index contributed by atoms with van der Waals surface area (Å²) < 4.78 is 11.4. The Hall–Kier alpha value is -2.22. The first-order valence-corrected chi connectivity index (χ1v) is 6.11. The molecule has 0 N–H and O–H groups in total. The van der Waals surface area contributed by atoms with Crippen molar-refractivity contribution in [3.8, 4) is 5.75 Å². The van der Waals surface area contributed by atoms with Crippen molar-refractivity contribution in [1.82, 2.24) is 0 Å². The Labute approximate surface area is 105 Å². The second-order valence-corrected chi connectivity index (χ2v) is 4.59. The molecule has 0 fully saturated rings. The molecule has 1 aromatic heterocycles. The Balaban J connectivity index is 1.90. The molecule has 2 aromatic carbocycles. The summed E-state index contributed by atoms with van der Waals surface area (Å²) in [6, 6.07) is 16.4. The molecule has 18 heavy (non-hydrogen) atoms. The van der Waals surface area contributed by atoms with Crippen molar-refractivity contribution >= 4 is 11.0 Å². The van der Waals surface area contributed by atoms with Crippen LogP contribution in [0.15, 0.2) is 59.2 Å². The van der Waals surface area contributed by atoms with Crippen LogP contribution in [0.4, 0.5) is 0 Å². The van der Waals surface area contributed by atoms with Crippen LogP contribution < -0.4 is 4.74 Å². The van der Waals surface area contributed by atoms with Crippen LogP contribution in [0.25, 0.3) is 11.0 Å². The first-order valence-electron chi connectivity index (χ1n) is 6.11. The lowest BCUT2D eigenvalue weighted by Gasteiger charge is -2.06. The molecule has 0 spiro atoms. The second-order valence-electron chi connectivity index (χ2n) is 4.59. The zero-order chi connectivity index (χ0) is 11.9. The van der Waals surface area contributed by atoms with E-state index in [1.807, 2.05) is 36.6 Å². The quantitative estimate of drug-likeness (QED) is 0.638. The van der Waals surface area contributed by atoms with Crippen molar-refractivity contribution in [2.24, 2.45) is 0 Å². The minimum Gasteiger partial charge on any atom is -0.492 e. The molecule has 2 heteroatoms. The Morgan fingerprint density at radius 2 is 1.72 bits per heavy atom. The lowest BCUT2D eigenvalue weighted by molar-refractivity contribution is 0.343. The summed E-state index contributed by atoms with van der Waals surface area (Å²) in [7, 11) is 0. The van der Waals surface area contributed by atoms with Gasteiger partial charge in [-0.2, -0.15) is 0 Å². The molecule has 2 heterocycles. The van der Waals surface area contributed by atoms with Crippen LogP contribution in [-0.2, 0) is 0 Å². The normalized spacial score (nSPS) is 17.7. The van der Waals surface area contributed by atoms with Gasteiger partial charge in [0.2, 0.25) is 0 Å². The predicted molar refractivity (Wildman–Crippen MR) is 70.0 cm³/mol. The molecule has 0 amide bonds. The molecule has 0 saturated carbocycles. The highest BCUT2D eigenvalue weighted by molar-refractivity contribution is 5.82. The molecule has 0 aliphatic carbocycles. The predicted octanol–water partition coefficient (Wildman–Crippen LogP) is 3.96. The molecule has 1 aliphatic heterocycles. The van der Waals surface area contributed by atoms with E-state index in [9.17, 15) is 0 Å². The number of fused-ring (bicyclic) bond motifs is 2. The highest BCUT2D eigenvalue weighted by Crippen LogP contribution is 2.40. The lowest BCUT2D eigenvalue weighted by atomic mass is 9.93. The van der Waals surface area contributed by atoms with Crippen molar-refractivity contribution in [1.29, 1.82) is 0 Å². The number of hydrogen-bond donors (Lipinski definition) is 0. The smallest absolute Gasteiger partial charge is 0.134 e. The van der Waals surface area contributed by atoms with Gasteiger partial charge < -0.3 is 9.15 Å². The first kappa shape index (κ1) is 9.77. The molecule has 1 atom stereocenters. The first-order chi connectivity index (χ1) is 8.93. The van der Waals surface area contributed by atoms with Crippen molar-refractivity contribution in [2.45, 2.75) is 5.92 Å². The number of hydrogen-bond acceptors (Lipinski definition) is 2. The molecule has 3 aromatic rings. The number of ether oxygens (including phenoxy) is 1. The zero-order valence-electron chi connectivity index (χ0n) is 9.80. The SMILES string of the molecule is c1ccc2c(c1)OCC2c1coc2ccccc12. The molecular formula is C16H12O2. The van der Waals surface area contributed by atoms with Gasteiger partial charge in [0.25, 0.3) is 0 Å². The Morgan fingerprint density at radius 3 is 2.72 bits per heavy atom.